The first-order valence-electron chi connectivity index (χ1n) is 10.4. The van der Waals surface area contributed by atoms with Crippen molar-refractivity contribution >= 4 is 50.7 Å². The second kappa shape index (κ2) is 8.87. The van der Waals surface area contributed by atoms with Gasteiger partial charge in [-0.25, -0.2) is 4.68 Å². The molecule has 0 aliphatic carbocycles. The normalized spacial score (nSPS) is 14.5. The number of aromatic nitrogens is 2. The number of rotatable bonds is 5. The summed E-state index contributed by atoms with van der Waals surface area (Å²) in [4.78, 5) is 34.6. The van der Waals surface area contributed by atoms with Gasteiger partial charge in [-0.05, 0) is 63.6 Å². The predicted octanol–water partition coefficient (Wildman–Crippen LogP) is 5.18. The topological polar surface area (TPSA) is 137 Å². The number of anilines is 1. The number of carbonyl (C=O) groups excluding carboxylic acids is 1. The molecule has 0 spiro atoms. The maximum atomic E-state index is 13.3. The van der Waals surface area contributed by atoms with Crippen LogP contribution in [0.3, 0.4) is 0 Å². The van der Waals surface area contributed by atoms with Crippen LogP contribution in [-0.2, 0) is 4.79 Å². The van der Waals surface area contributed by atoms with Crippen molar-refractivity contribution in [3.8, 4) is 5.69 Å². The highest BCUT2D eigenvalue weighted by Gasteiger charge is 2.31. The lowest BCUT2D eigenvalue weighted by molar-refractivity contribution is -0.394. The van der Waals surface area contributed by atoms with E-state index >= 15 is 0 Å². The van der Waals surface area contributed by atoms with Crippen LogP contribution in [0, 0.1) is 41.0 Å². The van der Waals surface area contributed by atoms with Gasteiger partial charge in [0, 0.05) is 21.8 Å². The molecule has 1 aliphatic rings. The number of hydrazone groups is 1. The maximum absolute atomic E-state index is 13.3. The van der Waals surface area contributed by atoms with E-state index in [4.69, 9.17) is 0 Å². The third kappa shape index (κ3) is 4.23. The largest absolute Gasteiger partial charge is 0.301 e. The minimum Gasteiger partial charge on any atom is -0.267 e. The smallest absolute Gasteiger partial charge is 0.267 e. The van der Waals surface area contributed by atoms with Gasteiger partial charge in [0.25, 0.3) is 11.6 Å². The molecular formula is C23H19BrN6O5. The average molecular weight is 539 g/mol. The summed E-state index contributed by atoms with van der Waals surface area (Å²) in [6.45, 7) is 7.04. The number of aryl methyl sites for hydroxylation is 2. The Kier molecular flexibility index (Phi) is 6.07. The first-order chi connectivity index (χ1) is 16.5. The molecule has 178 valence electrons. The molecule has 2 aromatic carbocycles. The Hall–Kier alpha value is -4.19. The van der Waals surface area contributed by atoms with Gasteiger partial charge in [0.2, 0.25) is 0 Å². The fourth-order valence-electron chi connectivity index (χ4n) is 3.90. The van der Waals surface area contributed by atoms with E-state index in [2.05, 4.69) is 26.1 Å². The molecule has 4 rings (SSSR count). The zero-order valence-corrected chi connectivity index (χ0v) is 20.7. The molecule has 1 aromatic heterocycles. The molecular weight excluding hydrogens is 520 g/mol. The first kappa shape index (κ1) is 24.0. The van der Waals surface area contributed by atoms with Crippen molar-refractivity contribution in [3.63, 3.8) is 0 Å². The highest BCUT2D eigenvalue weighted by Crippen LogP contribution is 2.32. The number of nitro groups is 2. The molecule has 35 heavy (non-hydrogen) atoms. The van der Waals surface area contributed by atoms with Gasteiger partial charge in [0.1, 0.15) is 5.69 Å². The second-order valence-electron chi connectivity index (χ2n) is 7.97. The van der Waals surface area contributed by atoms with Crippen LogP contribution in [0.2, 0.25) is 0 Å². The van der Waals surface area contributed by atoms with Gasteiger partial charge in [-0.2, -0.15) is 15.2 Å². The monoisotopic (exact) mass is 538 g/mol. The molecule has 1 aliphatic heterocycles. The lowest BCUT2D eigenvalue weighted by Crippen LogP contribution is -2.22. The van der Waals surface area contributed by atoms with Crippen LogP contribution in [0.4, 0.5) is 17.1 Å². The van der Waals surface area contributed by atoms with E-state index in [1.54, 1.807) is 32.9 Å². The molecule has 3 aromatic rings. The number of hydrogen-bond donors (Lipinski definition) is 0. The van der Waals surface area contributed by atoms with Gasteiger partial charge in [-0.15, -0.1) is 0 Å². The van der Waals surface area contributed by atoms with Crippen molar-refractivity contribution in [2.75, 3.05) is 5.01 Å². The minimum atomic E-state index is -0.694. The number of nitrogens with zero attached hydrogens (tertiary/aromatic N) is 6. The van der Waals surface area contributed by atoms with Crippen molar-refractivity contribution in [1.82, 2.24) is 9.78 Å². The fourth-order valence-corrected chi connectivity index (χ4v) is 4.37. The Morgan fingerprint density at radius 3 is 2.29 bits per heavy atom. The number of benzene rings is 2. The second-order valence-corrected chi connectivity index (χ2v) is 8.89. The Labute approximate surface area is 207 Å². The van der Waals surface area contributed by atoms with Gasteiger partial charge in [-0.3, -0.25) is 25.0 Å². The fraction of sp³-hybridized carbons (Fsp3) is 0.174. The summed E-state index contributed by atoms with van der Waals surface area (Å²) in [5.41, 5.74) is 3.33. The maximum Gasteiger partial charge on any atom is 0.301 e. The van der Waals surface area contributed by atoms with E-state index in [9.17, 15) is 25.0 Å². The van der Waals surface area contributed by atoms with E-state index in [0.717, 1.165) is 16.1 Å². The molecule has 1 amide bonds. The molecule has 0 fully saturated rings. The van der Waals surface area contributed by atoms with Crippen LogP contribution in [0.5, 0.6) is 0 Å². The van der Waals surface area contributed by atoms with E-state index in [0.29, 0.717) is 33.9 Å². The molecule has 0 N–H and O–H groups in total. The van der Waals surface area contributed by atoms with Gasteiger partial charge >= 0.3 is 5.69 Å². The summed E-state index contributed by atoms with van der Waals surface area (Å²) in [6.07, 6.45) is 1.67. The van der Waals surface area contributed by atoms with E-state index in [1.807, 2.05) is 19.1 Å². The van der Waals surface area contributed by atoms with Gasteiger partial charge in [0.15, 0.2) is 0 Å². The van der Waals surface area contributed by atoms with Crippen LogP contribution in [-0.4, -0.2) is 31.2 Å². The lowest BCUT2D eigenvalue weighted by Gasteiger charge is -2.14. The van der Waals surface area contributed by atoms with Gasteiger partial charge in [-0.1, -0.05) is 15.9 Å². The van der Waals surface area contributed by atoms with Crippen LogP contribution < -0.4 is 5.01 Å². The Balaban J connectivity index is 1.78. The highest BCUT2D eigenvalue weighted by molar-refractivity contribution is 9.10. The molecule has 0 saturated heterocycles. The number of carbonyl (C=O) groups is 1. The van der Waals surface area contributed by atoms with Crippen molar-refractivity contribution < 1.29 is 14.6 Å². The number of amides is 1. The zero-order chi connectivity index (χ0) is 25.6. The van der Waals surface area contributed by atoms with Crippen molar-refractivity contribution in [2.24, 2.45) is 5.10 Å². The molecule has 0 bridgehead atoms. The van der Waals surface area contributed by atoms with Crippen LogP contribution in [0.15, 0.2) is 51.5 Å². The van der Waals surface area contributed by atoms with E-state index in [-0.39, 0.29) is 11.6 Å². The van der Waals surface area contributed by atoms with Crippen molar-refractivity contribution in [2.45, 2.75) is 27.7 Å². The quantitative estimate of drug-likeness (QED) is 0.249. The molecule has 12 heteroatoms. The number of non-ortho nitro benzene ring substituents is 1. The van der Waals surface area contributed by atoms with Crippen molar-refractivity contribution in [3.05, 3.63) is 89.2 Å². The summed E-state index contributed by atoms with van der Waals surface area (Å²) in [5, 5.41) is 32.9. The Morgan fingerprint density at radius 2 is 1.66 bits per heavy atom. The summed E-state index contributed by atoms with van der Waals surface area (Å²) < 4.78 is 2.24. The standard InChI is InChI=1S/C23H19BrN6O5/c1-12-9-16(24)5-7-20(12)28-23(31)19(14(3)26-28)11-18-13(2)25-27(15(18)4)21-8-6-17(29(32)33)10-22(21)30(34)35/h5-11H,1-4H3/b19-11+. The third-order valence-electron chi connectivity index (χ3n) is 5.68. The minimum absolute atomic E-state index is 0.0844. The number of halogens is 1. The van der Waals surface area contributed by atoms with Crippen LogP contribution >= 0.6 is 15.9 Å². The predicted molar refractivity (Wildman–Crippen MR) is 134 cm³/mol. The van der Waals surface area contributed by atoms with Crippen LogP contribution in [0.1, 0.15) is 29.4 Å². The van der Waals surface area contributed by atoms with Crippen LogP contribution in [0.25, 0.3) is 11.8 Å². The summed E-state index contributed by atoms with van der Waals surface area (Å²) >= 11 is 3.42. The Morgan fingerprint density at radius 1 is 0.971 bits per heavy atom. The van der Waals surface area contributed by atoms with E-state index < -0.39 is 21.2 Å². The molecule has 11 nitrogen and oxygen atoms in total. The van der Waals surface area contributed by atoms with Gasteiger partial charge in [0.05, 0.1) is 38.6 Å². The summed E-state index contributed by atoms with van der Waals surface area (Å²) in [7, 11) is 0. The zero-order valence-electron chi connectivity index (χ0n) is 19.1. The number of hydrogen-bond acceptors (Lipinski definition) is 7. The first-order valence-corrected chi connectivity index (χ1v) is 11.2. The van der Waals surface area contributed by atoms with Crippen molar-refractivity contribution in [1.29, 1.82) is 0 Å². The summed E-state index contributed by atoms with van der Waals surface area (Å²) in [5.74, 6) is -0.305. The molecule has 0 unspecified atom stereocenters. The average Bonchev–Trinajstić information content (AvgIpc) is 3.23. The van der Waals surface area contributed by atoms with E-state index in [1.165, 1.54) is 21.8 Å². The Bertz CT molecular complexity index is 1490. The molecule has 0 saturated carbocycles. The molecule has 0 atom stereocenters. The highest BCUT2D eigenvalue weighted by atomic mass is 79.9. The molecule has 2 heterocycles. The molecule has 0 radical (unpaired) electrons. The van der Waals surface area contributed by atoms with Gasteiger partial charge < -0.3 is 0 Å². The lowest BCUT2D eigenvalue weighted by atomic mass is 10.1. The third-order valence-corrected chi connectivity index (χ3v) is 6.17. The number of nitro benzene ring substituents is 2. The SMILES string of the molecule is CC1=NN(c2ccc(Br)cc2C)C(=O)/C1=C/c1c(C)nn(-c2ccc([N+](=O)[O-])cc2[N+](=O)[O-])c1C. The summed E-state index contributed by atoms with van der Waals surface area (Å²) in [6, 6.07) is 8.91.